The van der Waals surface area contributed by atoms with Gasteiger partial charge in [0.2, 0.25) is 6.29 Å². The Morgan fingerprint density at radius 2 is 1.34 bits per heavy atom. The molecule has 17 heteroatoms. The molecule has 17 atom stereocenters. The fourth-order valence-electron chi connectivity index (χ4n) is 8.54. The number of benzene rings is 1. The number of unbranched alkanes of at least 4 members (excludes halogenated alkanes) is 2. The van der Waals surface area contributed by atoms with Gasteiger partial charge < -0.3 is 84.2 Å². The van der Waals surface area contributed by atoms with Crippen LogP contribution in [0.5, 0.6) is 11.5 Å². The van der Waals surface area contributed by atoms with Crippen LogP contribution in [-0.2, 0) is 30.1 Å². The SMILES string of the molecule is CCCCCc1cc(O[C@@H]2O[C@H](CO[C@@H]3O[C@H](CO)[C@@H](O)[C@H](O)[C@H]3O)[C@@H](O[C@@H]3O[C@H](CO)[C@@H](O)[C@H](O)[C@H]3O)[C@H](O)[C@H]2O)c2c(c1)OC(C)(C)[C@@H]1CCC(C)=C[C@@H]21. The van der Waals surface area contributed by atoms with Gasteiger partial charge in [0.05, 0.1) is 19.8 Å². The van der Waals surface area contributed by atoms with Crippen LogP contribution in [0.2, 0.25) is 0 Å². The molecule has 0 spiro atoms. The number of rotatable bonds is 13. The first-order valence-corrected chi connectivity index (χ1v) is 19.7. The lowest BCUT2D eigenvalue weighted by Crippen LogP contribution is -2.65. The zero-order valence-corrected chi connectivity index (χ0v) is 32.2. The molecule has 4 heterocycles. The molecule has 0 radical (unpaired) electrons. The molecule has 0 bridgehead atoms. The van der Waals surface area contributed by atoms with E-state index in [1.807, 2.05) is 12.1 Å². The first-order chi connectivity index (χ1) is 26.6. The lowest BCUT2D eigenvalue weighted by atomic mass is 9.68. The highest BCUT2D eigenvalue weighted by molar-refractivity contribution is 5.54. The van der Waals surface area contributed by atoms with Gasteiger partial charge in [0, 0.05) is 17.4 Å². The Bertz CT molecular complexity index is 1490. The van der Waals surface area contributed by atoms with Crippen molar-refractivity contribution in [1.29, 1.82) is 0 Å². The number of hydrogen-bond acceptors (Lipinski definition) is 17. The molecule has 1 aromatic carbocycles. The molecule has 56 heavy (non-hydrogen) atoms. The molecule has 1 aliphatic carbocycles. The van der Waals surface area contributed by atoms with E-state index >= 15 is 0 Å². The number of fused-ring (bicyclic) bond motifs is 3. The highest BCUT2D eigenvalue weighted by Gasteiger charge is 2.53. The summed E-state index contributed by atoms with van der Waals surface area (Å²) >= 11 is 0. The lowest BCUT2D eigenvalue weighted by molar-refractivity contribution is -0.360. The largest absolute Gasteiger partial charge is 0.487 e. The fourth-order valence-corrected chi connectivity index (χ4v) is 8.54. The third-order valence-electron chi connectivity index (χ3n) is 11.9. The van der Waals surface area contributed by atoms with E-state index < -0.39 is 118 Å². The summed E-state index contributed by atoms with van der Waals surface area (Å²) in [6, 6.07) is 3.92. The average Bonchev–Trinajstić information content (AvgIpc) is 3.16. The van der Waals surface area contributed by atoms with E-state index in [1.54, 1.807) is 0 Å². The van der Waals surface area contributed by atoms with Gasteiger partial charge in [-0.3, -0.25) is 0 Å². The van der Waals surface area contributed by atoms with Crippen LogP contribution in [0.25, 0.3) is 0 Å². The molecule has 0 amide bonds. The predicted molar refractivity (Wildman–Crippen MR) is 193 cm³/mol. The minimum absolute atomic E-state index is 0.0968. The van der Waals surface area contributed by atoms with Crippen molar-refractivity contribution in [3.8, 4) is 11.5 Å². The van der Waals surface area contributed by atoms with Gasteiger partial charge in [-0.2, -0.15) is 0 Å². The smallest absolute Gasteiger partial charge is 0.229 e. The minimum Gasteiger partial charge on any atom is -0.487 e. The Morgan fingerprint density at radius 1 is 0.732 bits per heavy atom. The van der Waals surface area contributed by atoms with Crippen molar-refractivity contribution in [3.63, 3.8) is 0 Å². The second-order valence-corrected chi connectivity index (χ2v) is 16.3. The summed E-state index contributed by atoms with van der Waals surface area (Å²) < 4.78 is 42.2. The van der Waals surface area contributed by atoms with Crippen LogP contribution in [0.4, 0.5) is 0 Å². The van der Waals surface area contributed by atoms with Crippen molar-refractivity contribution in [2.75, 3.05) is 19.8 Å². The minimum atomic E-state index is -1.87. The highest BCUT2D eigenvalue weighted by Crippen LogP contribution is 2.54. The van der Waals surface area contributed by atoms with Gasteiger partial charge in [0.25, 0.3) is 0 Å². The normalized spacial score (nSPS) is 42.2. The van der Waals surface area contributed by atoms with E-state index in [-0.39, 0.29) is 11.8 Å². The molecule has 3 saturated heterocycles. The number of hydrogen-bond donors (Lipinski definition) is 10. The maximum Gasteiger partial charge on any atom is 0.229 e. The Balaban J connectivity index is 1.32. The van der Waals surface area contributed by atoms with Gasteiger partial charge in [-0.1, -0.05) is 31.4 Å². The Labute approximate surface area is 325 Å². The molecule has 5 aliphatic rings. The second-order valence-electron chi connectivity index (χ2n) is 16.3. The number of aliphatic hydroxyl groups excluding tert-OH is 10. The first-order valence-electron chi connectivity index (χ1n) is 19.7. The van der Waals surface area contributed by atoms with Gasteiger partial charge in [0.1, 0.15) is 90.3 Å². The molecule has 4 aliphatic heterocycles. The Hall–Kier alpha value is -2.04. The fraction of sp³-hybridized carbons (Fsp3) is 0.795. The summed E-state index contributed by atoms with van der Waals surface area (Å²) in [5.74, 6) is 1.03. The van der Waals surface area contributed by atoms with Crippen LogP contribution >= 0.6 is 0 Å². The molecule has 1 aromatic rings. The summed E-state index contributed by atoms with van der Waals surface area (Å²) in [5, 5.41) is 105. The topological polar surface area (TPSA) is 267 Å². The van der Waals surface area contributed by atoms with Crippen molar-refractivity contribution in [2.45, 2.75) is 170 Å². The summed E-state index contributed by atoms with van der Waals surface area (Å²) in [7, 11) is 0. The average molecular weight is 801 g/mol. The van der Waals surface area contributed by atoms with Crippen LogP contribution in [0.15, 0.2) is 23.8 Å². The van der Waals surface area contributed by atoms with Crippen LogP contribution in [-0.4, -0.2) is 169 Å². The van der Waals surface area contributed by atoms with Gasteiger partial charge >= 0.3 is 0 Å². The van der Waals surface area contributed by atoms with E-state index in [9.17, 15) is 51.1 Å². The standard InChI is InChI=1S/C39H60O17/c1-5-6-7-8-18-12-21(26-19-11-17(2)9-10-20(19)39(3,4)56-22(26)13-18)51-37-34(49)31(46)35(55-38-33(48)30(45)28(43)24(15-41)53-38)25(54-37)16-50-36-32(47)29(44)27(42)23(14-40)52-36/h11-13,19-20,23-25,27-38,40-49H,5-10,14-16H2,1-4H3/t19-,20-,23-,24-,25-,27-,28-,29+,30+,31-,32-,33-,34-,35-,36-,37-,38+/m1/s1. The van der Waals surface area contributed by atoms with Gasteiger partial charge in [0.15, 0.2) is 12.6 Å². The highest BCUT2D eigenvalue weighted by atomic mass is 16.8. The maximum atomic E-state index is 11.7. The molecule has 6 rings (SSSR count). The summed E-state index contributed by atoms with van der Waals surface area (Å²) in [6.45, 7) is 6.29. The molecule has 0 unspecified atom stereocenters. The zero-order chi connectivity index (χ0) is 40.6. The Kier molecular flexibility index (Phi) is 14.0. The Morgan fingerprint density at radius 3 is 1.98 bits per heavy atom. The van der Waals surface area contributed by atoms with E-state index in [2.05, 4.69) is 33.8 Å². The number of aliphatic hydroxyl groups is 10. The van der Waals surface area contributed by atoms with Gasteiger partial charge in [-0.15, -0.1) is 0 Å². The quantitative estimate of drug-likeness (QED) is 0.0835. The summed E-state index contributed by atoms with van der Waals surface area (Å²) in [5.41, 5.74) is 2.44. The van der Waals surface area contributed by atoms with E-state index in [0.717, 1.165) is 49.7 Å². The van der Waals surface area contributed by atoms with Crippen molar-refractivity contribution in [2.24, 2.45) is 5.92 Å². The predicted octanol–water partition coefficient (Wildman–Crippen LogP) is -1.14. The van der Waals surface area contributed by atoms with Gasteiger partial charge in [-0.05, 0) is 64.2 Å². The van der Waals surface area contributed by atoms with Crippen LogP contribution in [0.3, 0.4) is 0 Å². The van der Waals surface area contributed by atoms with Crippen LogP contribution in [0, 0.1) is 5.92 Å². The van der Waals surface area contributed by atoms with Crippen molar-refractivity contribution < 1.29 is 84.2 Å². The van der Waals surface area contributed by atoms with Crippen LogP contribution in [0.1, 0.15) is 76.8 Å². The molecule has 10 N–H and O–H groups in total. The first kappa shape index (κ1) is 43.5. The van der Waals surface area contributed by atoms with E-state index in [1.165, 1.54) is 5.57 Å². The molecule has 0 aromatic heterocycles. The van der Waals surface area contributed by atoms with Crippen LogP contribution < -0.4 is 9.47 Å². The number of ether oxygens (including phenoxy) is 7. The maximum absolute atomic E-state index is 11.7. The van der Waals surface area contributed by atoms with Crippen molar-refractivity contribution in [3.05, 3.63) is 34.9 Å². The van der Waals surface area contributed by atoms with E-state index in [0.29, 0.717) is 11.5 Å². The lowest BCUT2D eigenvalue weighted by Gasteiger charge is -2.48. The molecular weight excluding hydrogens is 740 g/mol. The van der Waals surface area contributed by atoms with Crippen molar-refractivity contribution in [1.82, 2.24) is 0 Å². The number of allylic oxidation sites excluding steroid dienone is 2. The molecule has 0 saturated carbocycles. The third kappa shape index (κ3) is 8.78. The third-order valence-corrected chi connectivity index (χ3v) is 11.9. The molecular formula is C39H60O17. The second kappa shape index (κ2) is 18.1. The molecule has 3 fully saturated rings. The van der Waals surface area contributed by atoms with E-state index in [4.69, 9.17) is 33.2 Å². The summed E-state index contributed by atoms with van der Waals surface area (Å²) in [6.07, 6.45) is -17.1. The zero-order valence-electron chi connectivity index (χ0n) is 32.2. The molecule has 17 nitrogen and oxygen atoms in total. The van der Waals surface area contributed by atoms with Gasteiger partial charge in [-0.25, -0.2) is 0 Å². The van der Waals surface area contributed by atoms with Crippen molar-refractivity contribution >= 4 is 0 Å². The molecule has 318 valence electrons. The monoisotopic (exact) mass is 800 g/mol. The number of aryl methyl sites for hydroxylation is 1. The summed E-state index contributed by atoms with van der Waals surface area (Å²) in [4.78, 5) is 0.